The number of hydrogen-bond donors (Lipinski definition) is 0. The maximum atomic E-state index is 13.0. The Balaban J connectivity index is 1.75. The van der Waals surface area contributed by atoms with Crippen molar-refractivity contribution < 1.29 is 13.9 Å². The predicted molar refractivity (Wildman–Crippen MR) is 84.3 cm³/mol. The van der Waals surface area contributed by atoms with Crippen molar-refractivity contribution in [2.24, 2.45) is 10.4 Å². The molecule has 2 aliphatic rings. The summed E-state index contributed by atoms with van der Waals surface area (Å²) in [4.78, 5) is 22.4. The third-order valence-corrected chi connectivity index (χ3v) is 4.56. The van der Waals surface area contributed by atoms with Crippen LogP contribution in [0.25, 0.3) is 0 Å². The number of halogens is 1. The first kappa shape index (κ1) is 16.7. The summed E-state index contributed by atoms with van der Waals surface area (Å²) in [5.74, 6) is 4.52. The van der Waals surface area contributed by atoms with Crippen LogP contribution in [0, 0.1) is 27.5 Å². The van der Waals surface area contributed by atoms with Crippen molar-refractivity contribution in [3.05, 3.63) is 45.5 Å². The number of ether oxygens (including phenoxy) is 2. The lowest BCUT2D eigenvalue weighted by molar-refractivity contribution is -0.181. The fraction of sp³-hybridized carbons (Fsp3) is 0.529. The van der Waals surface area contributed by atoms with Crippen LogP contribution in [0.1, 0.15) is 37.3 Å². The van der Waals surface area contributed by atoms with Crippen molar-refractivity contribution in [1.82, 2.24) is 0 Å². The quantitative estimate of drug-likeness (QED) is 0.627. The number of rotatable bonds is 3. The molecule has 0 aromatic heterocycles. The summed E-state index contributed by atoms with van der Waals surface area (Å²) in [5.41, 5.74) is -0.585. The van der Waals surface area contributed by atoms with Gasteiger partial charge >= 0.3 is 0 Å². The van der Waals surface area contributed by atoms with E-state index in [1.165, 1.54) is 24.3 Å². The molecule has 1 aliphatic carbocycles. The minimum atomic E-state index is -1.07. The van der Waals surface area contributed by atoms with Crippen LogP contribution in [0.2, 0.25) is 0 Å². The molecule has 1 aromatic rings. The average molecular weight is 332 g/mol. The minimum absolute atomic E-state index is 0.401. The van der Waals surface area contributed by atoms with Gasteiger partial charge in [0.1, 0.15) is 5.82 Å². The Bertz CT molecular complexity index is 664. The van der Waals surface area contributed by atoms with Gasteiger partial charge in [0.15, 0.2) is 17.4 Å². The molecule has 6 nitrogen and oxygen atoms in total. The molecule has 1 saturated heterocycles. The Morgan fingerprint density at radius 1 is 1.04 bits per heavy atom. The summed E-state index contributed by atoms with van der Waals surface area (Å²) in [6.07, 6.45) is 1.86. The molecule has 0 N–H and O–H groups in total. The maximum Gasteiger partial charge on any atom is 0.177 e. The highest BCUT2D eigenvalue weighted by atomic mass is 19.1. The van der Waals surface area contributed by atoms with E-state index < -0.39 is 23.2 Å². The molecule has 7 heteroatoms. The van der Waals surface area contributed by atoms with Gasteiger partial charge in [0.25, 0.3) is 0 Å². The summed E-state index contributed by atoms with van der Waals surface area (Å²) in [6.45, 7) is 1.10. The monoisotopic (exact) mass is 332 g/mol. The SMILES string of the molecule is O=NC(C#CC1(N=O)CCC2(CC1)OCCO2)c1ccc(F)cc1. The molecule has 0 radical (unpaired) electrons. The van der Waals surface area contributed by atoms with Gasteiger partial charge in [-0.2, -0.15) is 0 Å². The van der Waals surface area contributed by atoms with Gasteiger partial charge in [-0.25, -0.2) is 4.39 Å². The summed E-state index contributed by atoms with van der Waals surface area (Å²) < 4.78 is 24.2. The summed E-state index contributed by atoms with van der Waals surface area (Å²) in [6, 6.07) is 4.42. The maximum absolute atomic E-state index is 13.0. The van der Waals surface area contributed by atoms with Crippen LogP contribution in [0.4, 0.5) is 4.39 Å². The summed E-state index contributed by atoms with van der Waals surface area (Å²) in [5, 5.41) is 6.18. The summed E-state index contributed by atoms with van der Waals surface area (Å²) >= 11 is 0. The molecule has 1 unspecified atom stereocenters. The molecule has 1 atom stereocenters. The van der Waals surface area contributed by atoms with Crippen LogP contribution in [0.3, 0.4) is 0 Å². The normalized spacial score (nSPS) is 22.4. The highest BCUT2D eigenvalue weighted by Crippen LogP contribution is 2.41. The Labute approximate surface area is 138 Å². The largest absolute Gasteiger partial charge is 0.348 e. The lowest BCUT2D eigenvalue weighted by Crippen LogP contribution is -2.41. The highest BCUT2D eigenvalue weighted by Gasteiger charge is 2.46. The Hall–Kier alpha value is -2.17. The van der Waals surface area contributed by atoms with Crippen LogP contribution in [0.15, 0.2) is 34.6 Å². The number of nitrogens with zero attached hydrogens (tertiary/aromatic N) is 2. The number of benzene rings is 1. The molecule has 1 aromatic carbocycles. The molecule has 3 rings (SSSR count). The van der Waals surface area contributed by atoms with Crippen molar-refractivity contribution in [3.8, 4) is 11.8 Å². The molecule has 1 heterocycles. The van der Waals surface area contributed by atoms with Gasteiger partial charge in [-0.3, -0.25) is 0 Å². The lowest BCUT2D eigenvalue weighted by Gasteiger charge is -2.37. The first-order chi connectivity index (χ1) is 11.6. The first-order valence-corrected chi connectivity index (χ1v) is 7.83. The second-order valence-electron chi connectivity index (χ2n) is 6.06. The Morgan fingerprint density at radius 2 is 1.67 bits per heavy atom. The van der Waals surface area contributed by atoms with E-state index in [1.54, 1.807) is 0 Å². The lowest BCUT2D eigenvalue weighted by atomic mass is 9.79. The molecular weight excluding hydrogens is 315 g/mol. The zero-order valence-electron chi connectivity index (χ0n) is 13.0. The van der Waals surface area contributed by atoms with E-state index in [4.69, 9.17) is 9.47 Å². The average Bonchev–Trinajstić information content (AvgIpc) is 3.07. The van der Waals surface area contributed by atoms with E-state index in [-0.39, 0.29) is 0 Å². The van der Waals surface area contributed by atoms with Crippen molar-refractivity contribution in [3.63, 3.8) is 0 Å². The fourth-order valence-electron chi connectivity index (χ4n) is 3.09. The second kappa shape index (κ2) is 6.75. The third-order valence-electron chi connectivity index (χ3n) is 4.56. The van der Waals surface area contributed by atoms with E-state index >= 15 is 0 Å². The molecule has 1 spiro atoms. The van der Waals surface area contributed by atoms with Crippen molar-refractivity contribution in [2.75, 3.05) is 13.2 Å². The summed E-state index contributed by atoms with van der Waals surface area (Å²) in [7, 11) is 0. The van der Waals surface area contributed by atoms with Gasteiger partial charge in [0, 0.05) is 12.8 Å². The topological polar surface area (TPSA) is 77.3 Å². The molecule has 0 bridgehead atoms. The molecule has 0 amide bonds. The van der Waals surface area contributed by atoms with Gasteiger partial charge in [0.05, 0.1) is 13.2 Å². The molecular formula is C17H17FN2O4. The van der Waals surface area contributed by atoms with Gasteiger partial charge in [-0.1, -0.05) is 29.2 Å². The minimum Gasteiger partial charge on any atom is -0.348 e. The third kappa shape index (κ3) is 3.35. The van der Waals surface area contributed by atoms with Crippen molar-refractivity contribution in [1.29, 1.82) is 0 Å². The van der Waals surface area contributed by atoms with Crippen molar-refractivity contribution in [2.45, 2.75) is 43.1 Å². The van der Waals surface area contributed by atoms with E-state index in [0.717, 1.165) is 0 Å². The number of nitroso groups, excluding NO2 is 2. The fourth-order valence-corrected chi connectivity index (χ4v) is 3.09. The number of hydrogen-bond acceptors (Lipinski definition) is 6. The molecule has 1 saturated carbocycles. The zero-order chi connectivity index (χ0) is 17.0. The highest BCUT2D eigenvalue weighted by molar-refractivity contribution is 5.31. The van der Waals surface area contributed by atoms with Crippen molar-refractivity contribution >= 4 is 0 Å². The van der Waals surface area contributed by atoms with Crippen LogP contribution in [-0.2, 0) is 9.47 Å². The van der Waals surface area contributed by atoms with Crippen LogP contribution >= 0.6 is 0 Å². The van der Waals surface area contributed by atoms with Gasteiger partial charge < -0.3 is 9.47 Å². The first-order valence-electron chi connectivity index (χ1n) is 7.83. The standard InChI is InChI=1S/C17H17FN2O4/c18-14-3-1-13(2-4-14)15(19-21)5-6-16(20-22)7-9-17(10-8-16)23-11-12-24-17/h1-4,15H,7-12H2. The molecule has 126 valence electrons. The Morgan fingerprint density at radius 3 is 2.21 bits per heavy atom. The molecule has 1 aliphatic heterocycles. The predicted octanol–water partition coefficient (Wildman–Crippen LogP) is 3.46. The van der Waals surface area contributed by atoms with Crippen LogP contribution in [-0.4, -0.2) is 24.5 Å². The second-order valence-corrected chi connectivity index (χ2v) is 6.06. The van der Waals surface area contributed by atoms with Gasteiger partial charge in [0.2, 0.25) is 0 Å². The van der Waals surface area contributed by atoms with Crippen LogP contribution in [0.5, 0.6) is 0 Å². The van der Waals surface area contributed by atoms with E-state index in [0.29, 0.717) is 44.5 Å². The van der Waals surface area contributed by atoms with E-state index in [1.807, 2.05) is 0 Å². The van der Waals surface area contributed by atoms with Crippen LogP contribution < -0.4 is 0 Å². The van der Waals surface area contributed by atoms with E-state index in [9.17, 15) is 14.2 Å². The smallest absolute Gasteiger partial charge is 0.177 e. The van der Waals surface area contributed by atoms with E-state index in [2.05, 4.69) is 22.2 Å². The zero-order valence-corrected chi connectivity index (χ0v) is 13.0. The van der Waals surface area contributed by atoms with Gasteiger partial charge in [-0.15, -0.1) is 9.81 Å². The molecule has 24 heavy (non-hydrogen) atoms. The van der Waals surface area contributed by atoms with Gasteiger partial charge in [-0.05, 0) is 35.7 Å². The molecule has 2 fully saturated rings. The Kier molecular flexibility index (Phi) is 4.69.